The van der Waals surface area contributed by atoms with E-state index in [1.165, 1.54) is 0 Å². The maximum atomic E-state index is 12.1. The number of fused-ring (bicyclic) bond motifs is 1. The van der Waals surface area contributed by atoms with Gasteiger partial charge in [-0.15, -0.1) is 0 Å². The summed E-state index contributed by atoms with van der Waals surface area (Å²) in [5.41, 5.74) is 0.845. The van der Waals surface area contributed by atoms with Crippen LogP contribution in [0.3, 0.4) is 0 Å². The molecule has 2 aromatic rings. The molecular formula is C19H25N5O2. The molecule has 0 unspecified atom stereocenters. The maximum Gasteiger partial charge on any atom is 0.265 e. The van der Waals surface area contributed by atoms with Crippen molar-refractivity contribution in [3.05, 3.63) is 48.8 Å². The Morgan fingerprint density at radius 1 is 1.12 bits per heavy atom. The van der Waals surface area contributed by atoms with Crippen LogP contribution in [0, 0.1) is 0 Å². The van der Waals surface area contributed by atoms with Gasteiger partial charge in [0.1, 0.15) is 5.75 Å². The van der Waals surface area contributed by atoms with E-state index in [1.54, 1.807) is 11.9 Å². The highest BCUT2D eigenvalue weighted by molar-refractivity contribution is 5.97. The molecule has 26 heavy (non-hydrogen) atoms. The average Bonchev–Trinajstić information content (AvgIpc) is 3.18. The molecule has 7 nitrogen and oxygen atoms in total. The fraction of sp³-hybridized carbons (Fsp3) is 0.368. The second kappa shape index (κ2) is 8.94. The average molecular weight is 355 g/mol. The van der Waals surface area contributed by atoms with Crippen LogP contribution < -0.4 is 20.3 Å². The molecule has 7 heteroatoms. The zero-order chi connectivity index (χ0) is 18.2. The first-order valence-corrected chi connectivity index (χ1v) is 8.85. The number of anilines is 1. The summed E-state index contributed by atoms with van der Waals surface area (Å²) in [5, 5.41) is 6.58. The Morgan fingerprint density at radius 2 is 1.88 bits per heavy atom. The summed E-state index contributed by atoms with van der Waals surface area (Å²) in [6.07, 6.45) is 4.89. The van der Waals surface area contributed by atoms with Crippen molar-refractivity contribution in [3.8, 4) is 5.75 Å². The van der Waals surface area contributed by atoms with Crippen LogP contribution >= 0.6 is 0 Å². The predicted octanol–water partition coefficient (Wildman–Crippen LogP) is 1.47. The van der Waals surface area contributed by atoms with Gasteiger partial charge in [-0.2, -0.15) is 0 Å². The minimum atomic E-state index is -0.00192. The summed E-state index contributed by atoms with van der Waals surface area (Å²) >= 11 is 0. The molecule has 3 rings (SSSR count). The van der Waals surface area contributed by atoms with Crippen molar-refractivity contribution < 1.29 is 9.53 Å². The standard InChI is InChI=1S/C19H25N5O2/c1-20-19(22-10-14-23-11-4-5-12-23)21-9-6-13-24-16-7-2-3-8-17(16)26-15-18(24)25/h2-5,7-8,11-12H,6,9-10,13-15H2,1H3,(H2,20,21,22). The van der Waals surface area contributed by atoms with E-state index < -0.39 is 0 Å². The Labute approximate surface area is 153 Å². The number of nitrogens with one attached hydrogen (secondary N) is 2. The Bertz CT molecular complexity index is 742. The Kier molecular flexibility index (Phi) is 6.14. The van der Waals surface area contributed by atoms with Crippen molar-refractivity contribution in [1.29, 1.82) is 0 Å². The topological polar surface area (TPSA) is 70.9 Å². The van der Waals surface area contributed by atoms with E-state index in [2.05, 4.69) is 20.2 Å². The fourth-order valence-electron chi connectivity index (χ4n) is 2.89. The van der Waals surface area contributed by atoms with E-state index in [0.29, 0.717) is 6.54 Å². The number of hydrogen-bond donors (Lipinski definition) is 2. The number of ether oxygens (including phenoxy) is 1. The van der Waals surface area contributed by atoms with Gasteiger partial charge in [0.05, 0.1) is 5.69 Å². The first-order valence-electron chi connectivity index (χ1n) is 8.85. The van der Waals surface area contributed by atoms with E-state index in [-0.39, 0.29) is 12.5 Å². The number of carbonyl (C=O) groups is 1. The maximum absolute atomic E-state index is 12.1. The second-order valence-electron chi connectivity index (χ2n) is 6.00. The van der Waals surface area contributed by atoms with Gasteiger partial charge in [-0.25, -0.2) is 0 Å². The number of aliphatic imine (C=N–C) groups is 1. The fourth-order valence-corrected chi connectivity index (χ4v) is 2.89. The van der Waals surface area contributed by atoms with Gasteiger partial charge in [0, 0.05) is 45.6 Å². The van der Waals surface area contributed by atoms with Crippen molar-refractivity contribution in [2.75, 3.05) is 38.2 Å². The molecule has 1 aromatic heterocycles. The van der Waals surface area contributed by atoms with Crippen molar-refractivity contribution >= 4 is 17.6 Å². The number of nitrogens with zero attached hydrogens (tertiary/aromatic N) is 3. The van der Waals surface area contributed by atoms with Crippen molar-refractivity contribution in [3.63, 3.8) is 0 Å². The molecule has 0 bridgehead atoms. The highest BCUT2D eigenvalue weighted by Crippen LogP contribution is 2.31. The van der Waals surface area contributed by atoms with Gasteiger partial charge in [0.2, 0.25) is 0 Å². The summed E-state index contributed by atoms with van der Waals surface area (Å²) < 4.78 is 7.58. The van der Waals surface area contributed by atoms with Crippen LogP contribution in [-0.2, 0) is 11.3 Å². The summed E-state index contributed by atoms with van der Waals surface area (Å²) in [6, 6.07) is 11.7. The van der Waals surface area contributed by atoms with Crippen LogP contribution in [0.25, 0.3) is 0 Å². The third kappa shape index (κ3) is 4.56. The van der Waals surface area contributed by atoms with Gasteiger partial charge < -0.3 is 24.8 Å². The first kappa shape index (κ1) is 17.8. The molecule has 1 aliphatic rings. The highest BCUT2D eigenvalue weighted by atomic mass is 16.5. The summed E-state index contributed by atoms with van der Waals surface area (Å²) in [5.74, 6) is 1.53. The number of carbonyl (C=O) groups excluding carboxylic acids is 1. The normalized spacial score (nSPS) is 14.0. The number of benzene rings is 1. The Hall–Kier alpha value is -2.96. The molecule has 138 valence electrons. The molecule has 0 aliphatic carbocycles. The van der Waals surface area contributed by atoms with E-state index in [4.69, 9.17) is 4.74 Å². The van der Waals surface area contributed by atoms with Crippen molar-refractivity contribution in [2.45, 2.75) is 13.0 Å². The molecule has 0 saturated carbocycles. The van der Waals surface area contributed by atoms with E-state index in [9.17, 15) is 4.79 Å². The minimum absolute atomic E-state index is 0.00192. The van der Waals surface area contributed by atoms with Crippen LogP contribution in [0.4, 0.5) is 5.69 Å². The Morgan fingerprint density at radius 3 is 2.69 bits per heavy atom. The second-order valence-corrected chi connectivity index (χ2v) is 6.00. The zero-order valence-corrected chi connectivity index (χ0v) is 15.0. The SMILES string of the molecule is CN=C(NCCCN1C(=O)COc2ccccc21)NCCn1cccc1. The van der Waals surface area contributed by atoms with Crippen molar-refractivity contribution in [1.82, 2.24) is 15.2 Å². The molecular weight excluding hydrogens is 330 g/mol. The summed E-state index contributed by atoms with van der Waals surface area (Å²) in [4.78, 5) is 18.2. The first-order chi connectivity index (χ1) is 12.8. The number of amides is 1. The van der Waals surface area contributed by atoms with Crippen LogP contribution in [0.2, 0.25) is 0 Å². The van der Waals surface area contributed by atoms with Gasteiger partial charge in [-0.3, -0.25) is 9.79 Å². The van der Waals surface area contributed by atoms with E-state index >= 15 is 0 Å². The number of hydrogen-bond acceptors (Lipinski definition) is 3. The number of para-hydroxylation sites is 2. The monoisotopic (exact) mass is 355 g/mol. The Balaban J connectivity index is 1.41. The van der Waals surface area contributed by atoms with Crippen LogP contribution in [-0.4, -0.2) is 49.7 Å². The van der Waals surface area contributed by atoms with Crippen LogP contribution in [0.5, 0.6) is 5.75 Å². The van der Waals surface area contributed by atoms with Gasteiger partial charge in [-0.1, -0.05) is 12.1 Å². The highest BCUT2D eigenvalue weighted by Gasteiger charge is 2.24. The lowest BCUT2D eigenvalue weighted by molar-refractivity contribution is -0.121. The number of rotatable bonds is 7. The minimum Gasteiger partial charge on any atom is -0.482 e. The quantitative estimate of drug-likeness (QED) is 0.448. The summed E-state index contributed by atoms with van der Waals surface area (Å²) in [7, 11) is 1.76. The molecule has 1 aromatic carbocycles. The zero-order valence-electron chi connectivity index (χ0n) is 15.0. The largest absolute Gasteiger partial charge is 0.482 e. The molecule has 0 fully saturated rings. The van der Waals surface area contributed by atoms with Crippen LogP contribution in [0.1, 0.15) is 6.42 Å². The molecule has 1 amide bonds. The lowest BCUT2D eigenvalue weighted by atomic mass is 10.2. The number of guanidine groups is 1. The van der Waals surface area contributed by atoms with Gasteiger partial charge >= 0.3 is 0 Å². The van der Waals surface area contributed by atoms with E-state index in [0.717, 1.165) is 43.5 Å². The molecule has 0 radical (unpaired) electrons. The molecule has 0 spiro atoms. The van der Waals surface area contributed by atoms with Gasteiger partial charge in [0.25, 0.3) is 5.91 Å². The third-order valence-electron chi connectivity index (χ3n) is 4.21. The molecule has 2 heterocycles. The predicted molar refractivity (Wildman–Crippen MR) is 103 cm³/mol. The van der Waals surface area contributed by atoms with Gasteiger partial charge in [0.15, 0.2) is 12.6 Å². The van der Waals surface area contributed by atoms with Crippen molar-refractivity contribution in [2.24, 2.45) is 4.99 Å². The van der Waals surface area contributed by atoms with E-state index in [1.807, 2.05) is 48.8 Å². The lowest BCUT2D eigenvalue weighted by Crippen LogP contribution is -2.42. The third-order valence-corrected chi connectivity index (χ3v) is 4.21. The molecule has 1 aliphatic heterocycles. The molecule has 0 atom stereocenters. The van der Waals surface area contributed by atoms with Gasteiger partial charge in [-0.05, 0) is 30.7 Å². The molecule has 2 N–H and O–H groups in total. The smallest absolute Gasteiger partial charge is 0.265 e. The lowest BCUT2D eigenvalue weighted by Gasteiger charge is -2.29. The molecule has 0 saturated heterocycles. The van der Waals surface area contributed by atoms with Crippen LogP contribution in [0.15, 0.2) is 53.8 Å². The number of aromatic nitrogens is 1. The summed E-state index contributed by atoms with van der Waals surface area (Å²) in [6.45, 7) is 3.16.